The van der Waals surface area contributed by atoms with Gasteiger partial charge in [-0.25, -0.2) is 0 Å². The van der Waals surface area contributed by atoms with Gasteiger partial charge in [0.15, 0.2) is 0 Å². The molecule has 2 fully saturated rings. The van der Waals surface area contributed by atoms with Crippen molar-refractivity contribution in [1.29, 1.82) is 5.26 Å². The molecule has 2 atom stereocenters. The first kappa shape index (κ1) is 12.2. The van der Waals surface area contributed by atoms with Crippen LogP contribution in [0.5, 0.6) is 5.75 Å². The third-order valence-corrected chi connectivity index (χ3v) is 5.32. The Balaban J connectivity index is 1.57. The molecule has 0 amide bonds. The van der Waals surface area contributed by atoms with E-state index in [0.29, 0.717) is 0 Å². The lowest BCUT2D eigenvalue weighted by atomic mass is 9.88. The summed E-state index contributed by atoms with van der Waals surface area (Å²) in [6.45, 7) is 2.44. The monoisotopic (exact) mass is 268 g/mol. The van der Waals surface area contributed by atoms with Gasteiger partial charge in [0.25, 0.3) is 0 Å². The lowest BCUT2D eigenvalue weighted by molar-refractivity contribution is 0.0771. The van der Waals surface area contributed by atoms with Crippen LogP contribution in [0.1, 0.15) is 43.2 Å². The van der Waals surface area contributed by atoms with Crippen LogP contribution < -0.4 is 4.74 Å². The number of benzene rings is 1. The molecule has 20 heavy (non-hydrogen) atoms. The first-order valence-corrected chi connectivity index (χ1v) is 7.74. The predicted molar refractivity (Wildman–Crippen MR) is 76.7 cm³/mol. The number of fused-ring (bicyclic) bond motifs is 2. The van der Waals surface area contributed by atoms with E-state index in [-0.39, 0.29) is 5.60 Å². The van der Waals surface area contributed by atoms with Crippen LogP contribution in [-0.4, -0.2) is 29.6 Å². The summed E-state index contributed by atoms with van der Waals surface area (Å²) in [6, 6.07) is 8.88. The van der Waals surface area contributed by atoms with Gasteiger partial charge >= 0.3 is 0 Å². The molecule has 3 aliphatic rings. The third kappa shape index (κ3) is 1.91. The molecule has 2 saturated heterocycles. The molecule has 4 rings (SSSR count). The Labute approximate surface area is 120 Å². The molecule has 0 radical (unpaired) electrons. The first-order valence-electron chi connectivity index (χ1n) is 7.74. The summed E-state index contributed by atoms with van der Waals surface area (Å²) in [7, 11) is 0. The molecule has 0 bridgehead atoms. The van der Waals surface area contributed by atoms with E-state index < -0.39 is 0 Å². The van der Waals surface area contributed by atoms with Crippen LogP contribution in [0.15, 0.2) is 18.2 Å². The summed E-state index contributed by atoms with van der Waals surface area (Å²) in [5.74, 6) is 1.01. The van der Waals surface area contributed by atoms with Crippen molar-refractivity contribution in [1.82, 2.24) is 4.90 Å². The zero-order chi connectivity index (χ0) is 13.6. The molecular formula is C17H20N2O. The maximum absolute atomic E-state index is 9.03. The number of hydrogen-bond acceptors (Lipinski definition) is 3. The van der Waals surface area contributed by atoms with Gasteiger partial charge in [-0.15, -0.1) is 0 Å². The minimum atomic E-state index is 0.000746. The maximum Gasteiger partial charge on any atom is 0.123 e. The fourth-order valence-corrected chi connectivity index (χ4v) is 4.20. The van der Waals surface area contributed by atoms with Crippen LogP contribution in [0.4, 0.5) is 0 Å². The van der Waals surface area contributed by atoms with Gasteiger partial charge in [0.2, 0.25) is 0 Å². The molecule has 3 heteroatoms. The second-order valence-electron chi connectivity index (χ2n) is 6.52. The van der Waals surface area contributed by atoms with Gasteiger partial charge in [0.05, 0.1) is 11.6 Å². The van der Waals surface area contributed by atoms with Crippen molar-refractivity contribution in [2.45, 2.75) is 50.2 Å². The van der Waals surface area contributed by atoms with Crippen molar-refractivity contribution in [2.75, 3.05) is 13.1 Å². The fourth-order valence-electron chi connectivity index (χ4n) is 4.20. The lowest BCUT2D eigenvalue weighted by Crippen LogP contribution is -2.35. The second kappa shape index (κ2) is 4.49. The minimum Gasteiger partial charge on any atom is -0.487 e. The first-order chi connectivity index (χ1) is 9.78. The van der Waals surface area contributed by atoms with Crippen molar-refractivity contribution in [3.63, 3.8) is 0 Å². The zero-order valence-corrected chi connectivity index (χ0v) is 11.8. The number of ether oxygens (including phenoxy) is 1. The van der Waals surface area contributed by atoms with Gasteiger partial charge in [0.1, 0.15) is 11.4 Å². The third-order valence-electron chi connectivity index (χ3n) is 5.32. The van der Waals surface area contributed by atoms with E-state index in [1.165, 1.54) is 37.9 Å². The van der Waals surface area contributed by atoms with E-state index in [9.17, 15) is 0 Å². The number of nitriles is 1. The summed E-state index contributed by atoms with van der Waals surface area (Å²) in [5.41, 5.74) is 1.98. The van der Waals surface area contributed by atoms with E-state index in [1.54, 1.807) is 0 Å². The summed E-state index contributed by atoms with van der Waals surface area (Å²) in [5, 5.41) is 9.03. The van der Waals surface area contributed by atoms with Gasteiger partial charge in [-0.1, -0.05) is 0 Å². The van der Waals surface area contributed by atoms with E-state index in [4.69, 9.17) is 10.00 Å². The Hall–Kier alpha value is -1.53. The highest BCUT2D eigenvalue weighted by molar-refractivity contribution is 5.45. The smallest absolute Gasteiger partial charge is 0.123 e. The molecular weight excluding hydrogens is 248 g/mol. The molecule has 3 nitrogen and oxygen atoms in total. The molecule has 0 saturated carbocycles. The van der Waals surface area contributed by atoms with Gasteiger partial charge < -0.3 is 9.64 Å². The summed E-state index contributed by atoms with van der Waals surface area (Å²) >= 11 is 0. The highest BCUT2D eigenvalue weighted by atomic mass is 16.5. The number of rotatable bonds is 0. The largest absolute Gasteiger partial charge is 0.487 e. The second-order valence-corrected chi connectivity index (χ2v) is 6.52. The molecule has 0 aromatic heterocycles. The molecule has 1 aromatic rings. The van der Waals surface area contributed by atoms with E-state index in [1.807, 2.05) is 18.2 Å². The van der Waals surface area contributed by atoms with Crippen molar-refractivity contribution >= 4 is 0 Å². The SMILES string of the molecule is N#Cc1ccc2c(c1)CC1(CCC3CCCN3CC1)O2. The van der Waals surface area contributed by atoms with E-state index in [0.717, 1.165) is 36.6 Å². The van der Waals surface area contributed by atoms with Gasteiger partial charge in [-0.3, -0.25) is 0 Å². The van der Waals surface area contributed by atoms with Gasteiger partial charge in [-0.05, 0) is 56.0 Å². The Bertz CT molecular complexity index is 561. The van der Waals surface area contributed by atoms with E-state index >= 15 is 0 Å². The molecule has 2 unspecified atom stereocenters. The summed E-state index contributed by atoms with van der Waals surface area (Å²) in [6.07, 6.45) is 7.26. The number of nitrogens with zero attached hydrogens (tertiary/aromatic N) is 2. The normalized spacial score (nSPS) is 32.2. The summed E-state index contributed by atoms with van der Waals surface area (Å²) < 4.78 is 6.34. The van der Waals surface area contributed by atoms with Crippen LogP contribution in [0.2, 0.25) is 0 Å². The zero-order valence-electron chi connectivity index (χ0n) is 11.8. The van der Waals surface area contributed by atoms with Crippen LogP contribution in [0, 0.1) is 11.3 Å². The van der Waals surface area contributed by atoms with Crippen LogP contribution >= 0.6 is 0 Å². The minimum absolute atomic E-state index is 0.000746. The highest BCUT2D eigenvalue weighted by Gasteiger charge is 2.43. The van der Waals surface area contributed by atoms with Gasteiger partial charge in [0, 0.05) is 25.4 Å². The average molecular weight is 268 g/mol. The summed E-state index contributed by atoms with van der Waals surface area (Å²) in [4.78, 5) is 2.65. The van der Waals surface area contributed by atoms with Crippen molar-refractivity contribution in [3.05, 3.63) is 29.3 Å². The number of hydrogen-bond donors (Lipinski definition) is 0. The van der Waals surface area contributed by atoms with Crippen molar-refractivity contribution in [3.8, 4) is 11.8 Å². The Kier molecular flexibility index (Phi) is 2.75. The Morgan fingerprint density at radius 2 is 2.20 bits per heavy atom. The van der Waals surface area contributed by atoms with Crippen molar-refractivity contribution in [2.24, 2.45) is 0 Å². The van der Waals surface area contributed by atoms with Crippen LogP contribution in [0.3, 0.4) is 0 Å². The van der Waals surface area contributed by atoms with Crippen LogP contribution in [-0.2, 0) is 6.42 Å². The molecule has 1 spiro atoms. The molecule has 0 N–H and O–H groups in total. The fraction of sp³-hybridized carbons (Fsp3) is 0.588. The van der Waals surface area contributed by atoms with E-state index in [2.05, 4.69) is 11.0 Å². The molecule has 3 heterocycles. The highest BCUT2D eigenvalue weighted by Crippen LogP contribution is 2.43. The molecule has 104 valence electrons. The molecule has 0 aliphatic carbocycles. The standard InChI is InChI=1S/C17H20N2O/c18-12-13-3-4-16-14(10-13)11-17(20-16)6-5-15-2-1-8-19(15)9-7-17/h3-4,10,15H,1-2,5-9,11H2. The quantitative estimate of drug-likeness (QED) is 0.726. The topological polar surface area (TPSA) is 36.3 Å². The lowest BCUT2D eigenvalue weighted by Gasteiger charge is -2.27. The average Bonchev–Trinajstić information content (AvgIpc) is 3.02. The van der Waals surface area contributed by atoms with Crippen LogP contribution in [0.25, 0.3) is 0 Å². The molecule has 1 aromatic carbocycles. The maximum atomic E-state index is 9.03. The Morgan fingerprint density at radius 1 is 1.25 bits per heavy atom. The van der Waals surface area contributed by atoms with Crippen molar-refractivity contribution < 1.29 is 4.74 Å². The predicted octanol–water partition coefficient (Wildman–Crippen LogP) is 2.88. The Morgan fingerprint density at radius 3 is 3.10 bits per heavy atom. The molecule has 3 aliphatic heterocycles. The van der Waals surface area contributed by atoms with Gasteiger partial charge in [-0.2, -0.15) is 5.26 Å².